The Hall–Kier alpha value is -1.51. The van der Waals surface area contributed by atoms with Crippen LogP contribution in [0.2, 0.25) is 0 Å². The molecule has 1 aromatic rings. The molecule has 1 aliphatic heterocycles. The number of rotatable bonds is 6. The van der Waals surface area contributed by atoms with E-state index in [2.05, 4.69) is 28.6 Å². The molecule has 3 rings (SSSR count). The van der Waals surface area contributed by atoms with Gasteiger partial charge in [-0.25, -0.2) is 0 Å². The van der Waals surface area contributed by atoms with Crippen molar-refractivity contribution in [2.24, 2.45) is 10.9 Å². The van der Waals surface area contributed by atoms with Crippen LogP contribution in [-0.4, -0.2) is 55.6 Å². The fraction of sp³-hybridized carbons (Fsp3) is 0.652. The number of amides is 1. The maximum absolute atomic E-state index is 12.8. The van der Waals surface area contributed by atoms with Gasteiger partial charge in [0.05, 0.1) is 6.54 Å². The molecule has 2 atom stereocenters. The molecule has 7 heteroatoms. The van der Waals surface area contributed by atoms with Gasteiger partial charge in [0.1, 0.15) is 11.9 Å². The predicted octanol–water partition coefficient (Wildman–Crippen LogP) is 3.73. The lowest BCUT2D eigenvalue weighted by molar-refractivity contribution is -0.135. The number of aryl methyl sites for hydroxylation is 1. The number of hydrogen-bond acceptors (Lipinski definition) is 3. The molecule has 6 nitrogen and oxygen atoms in total. The summed E-state index contributed by atoms with van der Waals surface area (Å²) in [6.07, 6.45) is 6.79. The highest BCUT2D eigenvalue weighted by Gasteiger charge is 2.31. The number of carbonyl (C=O) groups is 1. The second-order valence-corrected chi connectivity index (χ2v) is 8.40. The van der Waals surface area contributed by atoms with Crippen molar-refractivity contribution in [1.29, 1.82) is 0 Å². The summed E-state index contributed by atoms with van der Waals surface area (Å²) in [5.74, 6) is 2.29. The first-order valence-electron chi connectivity index (χ1n) is 11.0. The van der Waals surface area contributed by atoms with Crippen LogP contribution in [-0.2, 0) is 4.79 Å². The molecule has 30 heavy (non-hydrogen) atoms. The number of benzene rings is 1. The third kappa shape index (κ3) is 7.03. The van der Waals surface area contributed by atoms with E-state index in [1.54, 1.807) is 7.05 Å². The highest BCUT2D eigenvalue weighted by atomic mass is 127. The lowest BCUT2D eigenvalue weighted by Crippen LogP contribution is -2.47. The molecular formula is C23H37IN4O2. The molecule has 2 N–H and O–H groups in total. The Morgan fingerprint density at radius 1 is 1.23 bits per heavy atom. The molecule has 0 spiro atoms. The summed E-state index contributed by atoms with van der Waals surface area (Å²) in [5, 5.41) is 6.83. The normalized spacial score (nSPS) is 21.0. The van der Waals surface area contributed by atoms with Crippen molar-refractivity contribution in [1.82, 2.24) is 15.5 Å². The van der Waals surface area contributed by atoms with Crippen LogP contribution in [0.4, 0.5) is 0 Å². The Labute approximate surface area is 198 Å². The zero-order chi connectivity index (χ0) is 20.6. The van der Waals surface area contributed by atoms with Crippen LogP contribution in [0.25, 0.3) is 0 Å². The highest BCUT2D eigenvalue weighted by molar-refractivity contribution is 14.0. The van der Waals surface area contributed by atoms with E-state index >= 15 is 0 Å². The van der Waals surface area contributed by atoms with Crippen molar-refractivity contribution in [2.75, 3.05) is 26.7 Å². The molecule has 2 aliphatic rings. The largest absolute Gasteiger partial charge is 0.489 e. The number of carbonyl (C=O) groups excluding carboxylic acids is 1. The van der Waals surface area contributed by atoms with E-state index in [0.717, 1.165) is 49.6 Å². The van der Waals surface area contributed by atoms with Gasteiger partial charge in [0.15, 0.2) is 5.96 Å². The topological polar surface area (TPSA) is 66.0 Å². The first-order valence-corrected chi connectivity index (χ1v) is 11.0. The van der Waals surface area contributed by atoms with Gasteiger partial charge in [0, 0.05) is 32.1 Å². The number of aliphatic imine (C=N–C) groups is 1. The van der Waals surface area contributed by atoms with Gasteiger partial charge >= 0.3 is 0 Å². The monoisotopic (exact) mass is 528 g/mol. The molecular weight excluding hydrogens is 491 g/mol. The van der Waals surface area contributed by atoms with E-state index in [0.29, 0.717) is 12.5 Å². The third-order valence-corrected chi connectivity index (χ3v) is 6.00. The van der Waals surface area contributed by atoms with Crippen molar-refractivity contribution < 1.29 is 9.53 Å². The second-order valence-electron chi connectivity index (χ2n) is 8.40. The molecule has 0 aromatic heterocycles. The molecule has 168 valence electrons. The first-order chi connectivity index (χ1) is 14.1. The van der Waals surface area contributed by atoms with Crippen molar-refractivity contribution >= 4 is 35.8 Å². The maximum Gasteiger partial charge on any atom is 0.225 e. The maximum atomic E-state index is 12.8. The Bertz CT molecular complexity index is 706. The SMILES string of the molecule is CN=C(NCC(C)Oc1ccccc1C)NC1CCN(C(=O)C2CCCCC2)C1.I. The highest BCUT2D eigenvalue weighted by Crippen LogP contribution is 2.26. The number of guanidine groups is 1. The summed E-state index contributed by atoms with van der Waals surface area (Å²) < 4.78 is 6.03. The Morgan fingerprint density at radius 3 is 2.67 bits per heavy atom. The summed E-state index contributed by atoms with van der Waals surface area (Å²) >= 11 is 0. The smallest absolute Gasteiger partial charge is 0.225 e. The van der Waals surface area contributed by atoms with Gasteiger partial charge in [-0.3, -0.25) is 9.79 Å². The Balaban J connectivity index is 0.00000320. The number of likely N-dealkylation sites (tertiary alicyclic amines) is 1. The molecule has 0 radical (unpaired) electrons. The van der Waals surface area contributed by atoms with Crippen LogP contribution in [0.5, 0.6) is 5.75 Å². The molecule has 1 amide bonds. The van der Waals surface area contributed by atoms with Gasteiger partial charge in [0.2, 0.25) is 5.91 Å². The van der Waals surface area contributed by atoms with Gasteiger partial charge < -0.3 is 20.3 Å². The van der Waals surface area contributed by atoms with Crippen LogP contribution in [0.15, 0.2) is 29.3 Å². The molecule has 1 heterocycles. The van der Waals surface area contributed by atoms with Gasteiger partial charge in [-0.05, 0) is 44.7 Å². The Morgan fingerprint density at radius 2 is 1.97 bits per heavy atom. The summed E-state index contributed by atoms with van der Waals surface area (Å²) in [5.41, 5.74) is 1.13. The molecule has 2 fully saturated rings. The molecule has 2 unspecified atom stereocenters. The number of nitrogens with one attached hydrogen (secondary N) is 2. The first kappa shape index (κ1) is 24.8. The van der Waals surface area contributed by atoms with E-state index < -0.39 is 0 Å². The third-order valence-electron chi connectivity index (χ3n) is 6.00. The lowest BCUT2D eigenvalue weighted by Gasteiger charge is -2.26. The minimum atomic E-state index is 0. The van der Waals surface area contributed by atoms with Gasteiger partial charge in [-0.1, -0.05) is 37.5 Å². The zero-order valence-electron chi connectivity index (χ0n) is 18.5. The Kier molecular flexibility index (Phi) is 10.2. The van der Waals surface area contributed by atoms with Crippen molar-refractivity contribution in [3.8, 4) is 5.75 Å². The fourth-order valence-electron chi connectivity index (χ4n) is 4.26. The summed E-state index contributed by atoms with van der Waals surface area (Å²) in [6, 6.07) is 8.30. The van der Waals surface area contributed by atoms with Crippen molar-refractivity contribution in [3.63, 3.8) is 0 Å². The standard InChI is InChI=1S/C23H36N4O2.HI/c1-17-9-7-8-12-21(17)29-18(2)15-25-23(24-3)26-20-13-14-27(16-20)22(28)19-10-5-4-6-11-19;/h7-9,12,18-20H,4-6,10-11,13-16H2,1-3H3,(H2,24,25,26);1H. The van der Waals surface area contributed by atoms with Gasteiger partial charge in [-0.15, -0.1) is 24.0 Å². The summed E-state index contributed by atoms with van der Waals surface area (Å²) in [4.78, 5) is 19.1. The predicted molar refractivity (Wildman–Crippen MR) is 133 cm³/mol. The van der Waals surface area contributed by atoms with E-state index in [1.807, 2.05) is 30.0 Å². The van der Waals surface area contributed by atoms with Gasteiger partial charge in [0.25, 0.3) is 0 Å². The van der Waals surface area contributed by atoms with E-state index in [9.17, 15) is 4.79 Å². The van der Waals surface area contributed by atoms with Crippen molar-refractivity contribution in [2.45, 2.75) is 64.5 Å². The molecule has 0 bridgehead atoms. The average molecular weight is 528 g/mol. The molecule has 1 aromatic carbocycles. The second kappa shape index (κ2) is 12.4. The average Bonchev–Trinajstić information content (AvgIpc) is 3.21. The van der Waals surface area contributed by atoms with Gasteiger partial charge in [-0.2, -0.15) is 0 Å². The van der Waals surface area contributed by atoms with Crippen molar-refractivity contribution in [3.05, 3.63) is 29.8 Å². The number of para-hydroxylation sites is 1. The van der Waals surface area contributed by atoms with Crippen LogP contribution in [0, 0.1) is 12.8 Å². The lowest BCUT2D eigenvalue weighted by atomic mass is 9.88. The number of ether oxygens (including phenoxy) is 1. The minimum absolute atomic E-state index is 0. The molecule has 1 aliphatic carbocycles. The fourth-order valence-corrected chi connectivity index (χ4v) is 4.26. The van der Waals surface area contributed by atoms with Crippen LogP contribution >= 0.6 is 24.0 Å². The number of halogens is 1. The summed E-state index contributed by atoms with van der Waals surface area (Å²) in [6.45, 7) is 6.37. The zero-order valence-corrected chi connectivity index (χ0v) is 20.9. The van der Waals surface area contributed by atoms with Crippen LogP contribution in [0.3, 0.4) is 0 Å². The minimum Gasteiger partial charge on any atom is -0.489 e. The van der Waals surface area contributed by atoms with Crippen LogP contribution < -0.4 is 15.4 Å². The number of hydrogen-bond donors (Lipinski definition) is 2. The number of nitrogens with zero attached hydrogens (tertiary/aromatic N) is 2. The summed E-state index contributed by atoms with van der Waals surface area (Å²) in [7, 11) is 1.78. The molecule has 1 saturated heterocycles. The van der Waals surface area contributed by atoms with Crippen LogP contribution in [0.1, 0.15) is 51.0 Å². The quantitative estimate of drug-likeness (QED) is 0.336. The van der Waals surface area contributed by atoms with E-state index in [-0.39, 0.29) is 42.0 Å². The van der Waals surface area contributed by atoms with E-state index in [1.165, 1.54) is 19.3 Å². The van der Waals surface area contributed by atoms with E-state index in [4.69, 9.17) is 4.74 Å². The molecule has 1 saturated carbocycles.